The maximum absolute atomic E-state index is 13.7. The van der Waals surface area contributed by atoms with Crippen molar-refractivity contribution in [2.24, 2.45) is 0 Å². The lowest BCUT2D eigenvalue weighted by atomic mass is 9.97. The van der Waals surface area contributed by atoms with E-state index in [1.54, 1.807) is 6.20 Å². The second-order valence-corrected chi connectivity index (χ2v) is 7.38. The lowest BCUT2D eigenvalue weighted by Crippen LogP contribution is -2.15. The van der Waals surface area contributed by atoms with Gasteiger partial charge in [-0.3, -0.25) is 4.79 Å². The fourth-order valence-electron chi connectivity index (χ4n) is 3.68. The lowest BCUT2D eigenvalue weighted by molar-refractivity contribution is -0.138. The van der Waals surface area contributed by atoms with Crippen LogP contribution in [-0.2, 0) is 17.3 Å². The third-order valence-corrected chi connectivity index (χ3v) is 5.27. The van der Waals surface area contributed by atoms with Crippen LogP contribution in [-0.4, -0.2) is 33.4 Å². The number of hydrogen-bond donors (Lipinski definition) is 0. The maximum atomic E-state index is 13.7. The number of nitrogens with zero attached hydrogens (tertiary/aromatic N) is 3. The highest BCUT2D eigenvalue weighted by Crippen LogP contribution is 2.34. The molecule has 164 valence electrons. The van der Waals surface area contributed by atoms with Gasteiger partial charge < -0.3 is 9.14 Å². The van der Waals surface area contributed by atoms with Gasteiger partial charge in [0.2, 0.25) is 0 Å². The van der Waals surface area contributed by atoms with E-state index in [2.05, 4.69) is 9.97 Å². The quantitative estimate of drug-likeness (QED) is 0.415. The number of hydrogen-bond acceptors (Lipinski definition) is 4. The normalized spacial score (nSPS) is 15.7. The first-order valence-electron chi connectivity index (χ1n) is 9.67. The molecule has 10 heteroatoms. The number of rotatable bonds is 5. The van der Waals surface area contributed by atoms with Gasteiger partial charge in [-0.25, -0.2) is 18.7 Å². The summed E-state index contributed by atoms with van der Waals surface area (Å²) < 4.78 is 73.5. The molecule has 0 spiro atoms. The molecule has 31 heavy (non-hydrogen) atoms. The summed E-state index contributed by atoms with van der Waals surface area (Å²) in [5.74, 6) is -0.688. The number of carbonyl (C=O) groups excluding carboxylic acids is 1. The summed E-state index contributed by atoms with van der Waals surface area (Å²) in [5.41, 5.74) is -1.37. The molecule has 3 aromatic rings. The molecule has 0 unspecified atom stereocenters. The van der Waals surface area contributed by atoms with Crippen molar-refractivity contribution in [3.8, 4) is 0 Å². The Labute approximate surface area is 173 Å². The number of fused-ring (bicyclic) bond motifs is 1. The third-order valence-electron chi connectivity index (χ3n) is 5.27. The average Bonchev–Trinajstić information content (AvgIpc) is 3.16. The number of Topliss-reactive ketones (excluding diaryl/α,β-unsaturated/α-hetero) is 1. The standard InChI is InChI=1S/C21H18F5N3O2/c22-20(23)16-3-1-2-15(27-16)18(30)8-13-10-29-11-17(12-4-6-31-7-5-12)28-19(29)9-14(13)21(24,25)26/h1-3,9-12,20H,4-8H2. The van der Waals surface area contributed by atoms with Crippen molar-refractivity contribution in [1.29, 1.82) is 0 Å². The van der Waals surface area contributed by atoms with Crippen LogP contribution in [0.25, 0.3) is 5.65 Å². The number of imidazole rings is 1. The van der Waals surface area contributed by atoms with Crippen LogP contribution in [0.3, 0.4) is 0 Å². The Morgan fingerprint density at radius 2 is 1.90 bits per heavy atom. The topological polar surface area (TPSA) is 56.5 Å². The first-order valence-corrected chi connectivity index (χ1v) is 9.67. The van der Waals surface area contributed by atoms with Crippen LogP contribution in [0.1, 0.15) is 58.2 Å². The van der Waals surface area contributed by atoms with Crippen LogP contribution < -0.4 is 0 Å². The van der Waals surface area contributed by atoms with Gasteiger partial charge in [0, 0.05) is 37.9 Å². The molecule has 1 saturated heterocycles. The van der Waals surface area contributed by atoms with Gasteiger partial charge in [0.05, 0.1) is 11.3 Å². The van der Waals surface area contributed by atoms with Crippen LogP contribution in [0.5, 0.6) is 0 Å². The molecule has 3 aromatic heterocycles. The highest BCUT2D eigenvalue weighted by molar-refractivity contribution is 5.96. The zero-order chi connectivity index (χ0) is 22.2. The van der Waals surface area contributed by atoms with Crippen LogP contribution in [0.2, 0.25) is 0 Å². The largest absolute Gasteiger partial charge is 0.416 e. The molecule has 4 heterocycles. The molecule has 0 aromatic carbocycles. The van der Waals surface area contributed by atoms with E-state index in [1.807, 2.05) is 0 Å². The van der Waals surface area contributed by atoms with Gasteiger partial charge >= 0.3 is 6.18 Å². The van der Waals surface area contributed by atoms with Gasteiger partial charge in [-0.1, -0.05) is 6.07 Å². The van der Waals surface area contributed by atoms with Crippen molar-refractivity contribution >= 4 is 11.4 Å². The predicted octanol–water partition coefficient (Wildman–Crippen LogP) is 5.01. The van der Waals surface area contributed by atoms with E-state index in [0.717, 1.165) is 25.0 Å². The fraction of sp³-hybridized carbons (Fsp3) is 0.381. The number of alkyl halides is 5. The number of ether oxygens (including phenoxy) is 1. The zero-order valence-corrected chi connectivity index (χ0v) is 16.2. The van der Waals surface area contributed by atoms with Crippen molar-refractivity contribution in [3.05, 3.63) is 64.9 Å². The monoisotopic (exact) mass is 439 g/mol. The summed E-state index contributed by atoms with van der Waals surface area (Å²) >= 11 is 0. The Bertz CT molecular complexity index is 1100. The van der Waals surface area contributed by atoms with Gasteiger partial charge in [-0.2, -0.15) is 13.2 Å². The molecule has 0 N–H and O–H groups in total. The van der Waals surface area contributed by atoms with Gasteiger partial charge in [0.1, 0.15) is 17.0 Å². The Kier molecular flexibility index (Phi) is 5.74. The molecule has 0 saturated carbocycles. The van der Waals surface area contributed by atoms with Crippen molar-refractivity contribution in [2.45, 2.75) is 37.8 Å². The number of pyridine rings is 2. The molecule has 1 fully saturated rings. The van der Waals surface area contributed by atoms with Crippen LogP contribution >= 0.6 is 0 Å². The Hall–Kier alpha value is -2.88. The second kappa shape index (κ2) is 8.33. The molecule has 1 aliphatic heterocycles. The Morgan fingerprint density at radius 3 is 2.58 bits per heavy atom. The molecule has 0 atom stereocenters. The molecule has 0 aliphatic carbocycles. The zero-order valence-electron chi connectivity index (χ0n) is 16.2. The Balaban J connectivity index is 1.69. The molecule has 0 amide bonds. The summed E-state index contributed by atoms with van der Waals surface area (Å²) in [6, 6.07) is 4.40. The van der Waals surface area contributed by atoms with Crippen LogP contribution in [0.15, 0.2) is 36.7 Å². The van der Waals surface area contributed by atoms with Crippen molar-refractivity contribution < 1.29 is 31.5 Å². The van der Waals surface area contributed by atoms with Gasteiger partial charge in [0.15, 0.2) is 5.78 Å². The number of aromatic nitrogens is 3. The third kappa shape index (κ3) is 4.58. The lowest BCUT2D eigenvalue weighted by Gasteiger charge is -2.19. The van der Waals surface area contributed by atoms with Crippen molar-refractivity contribution in [1.82, 2.24) is 14.4 Å². The van der Waals surface area contributed by atoms with Crippen molar-refractivity contribution in [3.63, 3.8) is 0 Å². The average molecular weight is 439 g/mol. The van der Waals surface area contributed by atoms with E-state index in [9.17, 15) is 26.7 Å². The van der Waals surface area contributed by atoms with Gasteiger partial charge in [-0.05, 0) is 36.6 Å². The van der Waals surface area contributed by atoms with Crippen LogP contribution in [0.4, 0.5) is 22.0 Å². The second-order valence-electron chi connectivity index (χ2n) is 7.38. The number of carbonyl (C=O) groups is 1. The van der Waals surface area contributed by atoms with E-state index in [0.29, 0.717) is 18.9 Å². The summed E-state index contributed by atoms with van der Waals surface area (Å²) in [5, 5.41) is 0. The van der Waals surface area contributed by atoms with E-state index < -0.39 is 36.1 Å². The highest BCUT2D eigenvalue weighted by Gasteiger charge is 2.35. The molecule has 4 rings (SSSR count). The minimum Gasteiger partial charge on any atom is -0.381 e. The molecule has 1 aliphatic rings. The van der Waals surface area contributed by atoms with Gasteiger partial charge in [-0.15, -0.1) is 0 Å². The highest BCUT2D eigenvalue weighted by atomic mass is 19.4. The predicted molar refractivity (Wildman–Crippen MR) is 100 cm³/mol. The molecular formula is C21H18F5N3O2. The first kappa shape index (κ1) is 21.4. The SMILES string of the molecule is O=C(Cc1cn2cc(C3CCOCC3)nc2cc1C(F)(F)F)c1cccc(C(F)F)n1. The molecule has 0 bridgehead atoms. The number of halogens is 5. The minimum absolute atomic E-state index is 0.0920. The Morgan fingerprint density at radius 1 is 1.16 bits per heavy atom. The molecule has 0 radical (unpaired) electrons. The van der Waals surface area contributed by atoms with Crippen molar-refractivity contribution in [2.75, 3.05) is 13.2 Å². The first-order chi connectivity index (χ1) is 14.7. The summed E-state index contributed by atoms with van der Waals surface area (Å²) in [6.07, 6.45) is -3.88. The maximum Gasteiger partial charge on any atom is 0.416 e. The molecular weight excluding hydrogens is 421 g/mol. The van der Waals surface area contributed by atoms with Crippen LogP contribution in [0, 0.1) is 0 Å². The fourth-order valence-corrected chi connectivity index (χ4v) is 3.68. The number of ketones is 1. The smallest absolute Gasteiger partial charge is 0.381 e. The van der Waals surface area contributed by atoms with E-state index >= 15 is 0 Å². The van der Waals surface area contributed by atoms with E-state index in [-0.39, 0.29) is 22.8 Å². The summed E-state index contributed by atoms with van der Waals surface area (Å²) in [4.78, 5) is 20.5. The minimum atomic E-state index is -4.71. The summed E-state index contributed by atoms with van der Waals surface area (Å²) in [6.45, 7) is 1.13. The molecule has 5 nitrogen and oxygen atoms in total. The van der Waals surface area contributed by atoms with E-state index in [1.165, 1.54) is 22.7 Å². The van der Waals surface area contributed by atoms with Gasteiger partial charge in [0.25, 0.3) is 6.43 Å². The summed E-state index contributed by atoms with van der Waals surface area (Å²) in [7, 11) is 0. The van der Waals surface area contributed by atoms with E-state index in [4.69, 9.17) is 4.74 Å².